The van der Waals surface area contributed by atoms with Crippen LogP contribution >= 0.6 is 0 Å². The Bertz CT molecular complexity index is 728. The maximum Gasteiger partial charge on any atom is 0.245 e. The lowest BCUT2D eigenvalue weighted by molar-refractivity contribution is -0.120. The molecule has 1 saturated heterocycles. The van der Waals surface area contributed by atoms with Crippen LogP contribution in [0.4, 0.5) is 5.69 Å². The molecule has 1 unspecified atom stereocenters. The third-order valence-corrected chi connectivity index (χ3v) is 3.61. The average Bonchev–Trinajstić information content (AvgIpc) is 2.80. The minimum atomic E-state index is 0.0162. The van der Waals surface area contributed by atoms with Gasteiger partial charge in [-0.3, -0.25) is 4.79 Å². The van der Waals surface area contributed by atoms with Crippen LogP contribution < -0.4 is 5.01 Å². The molecule has 22 heavy (non-hydrogen) atoms. The Kier molecular flexibility index (Phi) is 3.90. The van der Waals surface area contributed by atoms with Crippen LogP contribution in [0.5, 0.6) is 0 Å². The topological polar surface area (TPSA) is 36.4 Å². The van der Waals surface area contributed by atoms with Crippen LogP contribution in [0.15, 0.2) is 48.7 Å². The molecule has 0 bridgehead atoms. The fraction of sp³-hybridized carbons (Fsp3) is 0.222. The van der Waals surface area contributed by atoms with Crippen molar-refractivity contribution in [3.63, 3.8) is 0 Å². The number of benzene rings is 1. The first-order valence-corrected chi connectivity index (χ1v) is 7.23. The van der Waals surface area contributed by atoms with E-state index in [1.165, 1.54) is 0 Å². The van der Waals surface area contributed by atoms with E-state index in [1.54, 1.807) is 11.2 Å². The number of hydrogen-bond acceptors (Lipinski definition) is 3. The first kappa shape index (κ1) is 14.3. The van der Waals surface area contributed by atoms with E-state index in [4.69, 9.17) is 0 Å². The third-order valence-electron chi connectivity index (χ3n) is 3.61. The normalized spacial score (nSPS) is 18.2. The van der Waals surface area contributed by atoms with Crippen molar-refractivity contribution in [3.05, 3.63) is 59.9 Å². The summed E-state index contributed by atoms with van der Waals surface area (Å²) in [4.78, 5) is 16.5. The Morgan fingerprint density at radius 3 is 2.50 bits per heavy atom. The predicted octanol–water partition coefficient (Wildman–Crippen LogP) is 2.31. The number of hydrogen-bond donors (Lipinski definition) is 0. The number of aromatic nitrogens is 1. The SMILES string of the molecule is CC1CN(C)N(c2ccc(C#Cc3ccccc3)nc2)C1=O. The van der Waals surface area contributed by atoms with Crippen LogP contribution in [0.1, 0.15) is 18.2 Å². The highest BCUT2D eigenvalue weighted by molar-refractivity contribution is 5.95. The number of nitrogens with zero attached hydrogens (tertiary/aromatic N) is 3. The van der Waals surface area contributed by atoms with Gasteiger partial charge in [-0.05, 0) is 30.2 Å². The Morgan fingerprint density at radius 1 is 1.14 bits per heavy atom. The molecule has 1 aliphatic rings. The molecule has 1 amide bonds. The zero-order valence-corrected chi connectivity index (χ0v) is 12.7. The molecule has 0 saturated carbocycles. The van der Waals surface area contributed by atoms with Crippen LogP contribution in [0.25, 0.3) is 0 Å². The summed E-state index contributed by atoms with van der Waals surface area (Å²) in [5, 5.41) is 3.59. The van der Waals surface area contributed by atoms with Gasteiger partial charge in [0.15, 0.2) is 0 Å². The van der Waals surface area contributed by atoms with Crippen molar-refractivity contribution in [3.8, 4) is 11.8 Å². The van der Waals surface area contributed by atoms with Crippen molar-refractivity contribution in [1.29, 1.82) is 0 Å². The van der Waals surface area contributed by atoms with Gasteiger partial charge in [0, 0.05) is 19.2 Å². The molecule has 4 nitrogen and oxygen atoms in total. The molecular formula is C18H17N3O. The van der Waals surface area contributed by atoms with Crippen molar-refractivity contribution < 1.29 is 4.79 Å². The Balaban J connectivity index is 1.79. The molecule has 0 radical (unpaired) electrons. The lowest BCUT2D eigenvalue weighted by atomic mass is 10.2. The van der Waals surface area contributed by atoms with Gasteiger partial charge in [0.1, 0.15) is 5.69 Å². The second kappa shape index (κ2) is 6.00. The molecule has 1 aliphatic heterocycles. The summed E-state index contributed by atoms with van der Waals surface area (Å²) in [6.07, 6.45) is 1.70. The number of anilines is 1. The first-order valence-electron chi connectivity index (χ1n) is 7.23. The second-order valence-corrected chi connectivity index (χ2v) is 5.41. The van der Waals surface area contributed by atoms with Gasteiger partial charge < -0.3 is 0 Å². The van der Waals surface area contributed by atoms with Gasteiger partial charge in [0.25, 0.3) is 0 Å². The van der Waals surface area contributed by atoms with Crippen molar-refractivity contribution in [2.45, 2.75) is 6.92 Å². The summed E-state index contributed by atoms with van der Waals surface area (Å²) in [5.74, 6) is 6.22. The van der Waals surface area contributed by atoms with Gasteiger partial charge in [0.2, 0.25) is 5.91 Å². The molecule has 0 spiro atoms. The highest BCUT2D eigenvalue weighted by atomic mass is 16.2. The van der Waals surface area contributed by atoms with Crippen molar-refractivity contribution in [2.75, 3.05) is 18.6 Å². The number of hydrazine groups is 1. The van der Waals surface area contributed by atoms with Gasteiger partial charge in [-0.1, -0.05) is 31.0 Å². The standard InChI is InChI=1S/C18H17N3O/c1-14-13-20(2)21(18(14)22)17-11-10-16(19-12-17)9-8-15-6-4-3-5-7-15/h3-7,10-12,14H,13H2,1-2H3. The fourth-order valence-corrected chi connectivity index (χ4v) is 2.50. The van der Waals surface area contributed by atoms with Crippen LogP contribution in [-0.4, -0.2) is 29.5 Å². The summed E-state index contributed by atoms with van der Waals surface area (Å²) < 4.78 is 0. The molecule has 1 fully saturated rings. The molecule has 1 aromatic carbocycles. The van der Waals surface area contributed by atoms with Crippen molar-refractivity contribution in [1.82, 2.24) is 9.99 Å². The summed E-state index contributed by atoms with van der Waals surface area (Å²) in [7, 11) is 1.91. The van der Waals surface area contributed by atoms with E-state index >= 15 is 0 Å². The van der Waals surface area contributed by atoms with Crippen LogP contribution in [0.2, 0.25) is 0 Å². The zero-order chi connectivity index (χ0) is 15.5. The number of carbonyl (C=O) groups excluding carboxylic acids is 1. The van der Waals surface area contributed by atoms with Gasteiger partial charge in [-0.15, -0.1) is 0 Å². The minimum absolute atomic E-state index is 0.0162. The summed E-state index contributed by atoms with van der Waals surface area (Å²) in [5.41, 5.74) is 2.42. The highest BCUT2D eigenvalue weighted by Gasteiger charge is 2.33. The number of amides is 1. The lowest BCUT2D eigenvalue weighted by Gasteiger charge is -2.23. The van der Waals surface area contributed by atoms with E-state index in [9.17, 15) is 4.79 Å². The van der Waals surface area contributed by atoms with Gasteiger partial charge in [0.05, 0.1) is 17.8 Å². The number of carbonyl (C=O) groups is 1. The third kappa shape index (κ3) is 2.85. The molecule has 2 heterocycles. The van der Waals surface area contributed by atoms with Crippen molar-refractivity contribution >= 4 is 11.6 Å². The Morgan fingerprint density at radius 2 is 1.91 bits per heavy atom. The quantitative estimate of drug-likeness (QED) is 0.757. The number of rotatable bonds is 1. The summed E-state index contributed by atoms with van der Waals surface area (Å²) in [6.45, 7) is 2.67. The maximum absolute atomic E-state index is 12.1. The largest absolute Gasteiger partial charge is 0.273 e. The van der Waals surface area contributed by atoms with Crippen molar-refractivity contribution in [2.24, 2.45) is 5.92 Å². The molecule has 0 N–H and O–H groups in total. The first-order chi connectivity index (χ1) is 10.6. The van der Waals surface area contributed by atoms with E-state index in [0.29, 0.717) is 5.69 Å². The molecule has 2 aromatic rings. The molecular weight excluding hydrogens is 274 g/mol. The van der Waals surface area contributed by atoms with Gasteiger partial charge >= 0.3 is 0 Å². The van der Waals surface area contributed by atoms with E-state index in [0.717, 1.165) is 17.8 Å². The fourth-order valence-electron chi connectivity index (χ4n) is 2.50. The summed E-state index contributed by atoms with van der Waals surface area (Å²) >= 11 is 0. The summed E-state index contributed by atoms with van der Waals surface area (Å²) in [6, 6.07) is 13.5. The van der Waals surface area contributed by atoms with Gasteiger partial charge in [-0.25, -0.2) is 15.0 Å². The maximum atomic E-state index is 12.1. The Labute approximate surface area is 130 Å². The van der Waals surface area contributed by atoms with Gasteiger partial charge in [-0.2, -0.15) is 0 Å². The van der Waals surface area contributed by atoms with E-state index in [1.807, 2.05) is 61.4 Å². The molecule has 1 atom stereocenters. The second-order valence-electron chi connectivity index (χ2n) is 5.41. The Hall–Kier alpha value is -2.64. The van der Waals surface area contributed by atoms with Crippen LogP contribution in [0.3, 0.4) is 0 Å². The average molecular weight is 291 g/mol. The number of pyridine rings is 1. The van der Waals surface area contributed by atoms with E-state index in [-0.39, 0.29) is 11.8 Å². The molecule has 1 aromatic heterocycles. The highest BCUT2D eigenvalue weighted by Crippen LogP contribution is 2.23. The molecule has 4 heteroatoms. The van der Waals surface area contributed by atoms with Crippen LogP contribution in [0, 0.1) is 17.8 Å². The zero-order valence-electron chi connectivity index (χ0n) is 12.7. The molecule has 110 valence electrons. The molecule has 0 aliphatic carbocycles. The van der Waals surface area contributed by atoms with Crippen LogP contribution in [-0.2, 0) is 4.79 Å². The lowest BCUT2D eigenvalue weighted by Crippen LogP contribution is -2.36. The predicted molar refractivity (Wildman–Crippen MR) is 85.9 cm³/mol. The van der Waals surface area contributed by atoms with E-state index < -0.39 is 0 Å². The smallest absolute Gasteiger partial charge is 0.245 e. The van der Waals surface area contributed by atoms with E-state index in [2.05, 4.69) is 16.8 Å². The monoisotopic (exact) mass is 291 g/mol. The molecule has 3 rings (SSSR count). The minimum Gasteiger partial charge on any atom is -0.273 e.